The van der Waals surface area contributed by atoms with E-state index in [2.05, 4.69) is 6.58 Å². The first-order chi connectivity index (χ1) is 9.52. The SMILES string of the molecule is C=CCN(CC(=O)O)C(=O)CCSc1ccc(F)cc1. The van der Waals surface area contributed by atoms with Crippen molar-refractivity contribution >= 4 is 23.6 Å². The molecule has 1 amide bonds. The molecule has 0 saturated heterocycles. The number of thioether (sulfide) groups is 1. The van der Waals surface area contributed by atoms with Gasteiger partial charge in [-0.2, -0.15) is 0 Å². The Kier molecular flexibility index (Phi) is 6.79. The molecule has 0 heterocycles. The number of carbonyl (C=O) groups excluding carboxylic acids is 1. The monoisotopic (exact) mass is 297 g/mol. The minimum absolute atomic E-state index is 0.215. The Morgan fingerprint density at radius 3 is 2.55 bits per heavy atom. The van der Waals surface area contributed by atoms with Gasteiger partial charge in [-0.15, -0.1) is 18.3 Å². The lowest BCUT2D eigenvalue weighted by atomic mass is 10.3. The van der Waals surface area contributed by atoms with E-state index in [0.717, 1.165) is 4.90 Å². The zero-order valence-corrected chi connectivity index (χ0v) is 11.7. The third-order valence-electron chi connectivity index (χ3n) is 2.43. The van der Waals surface area contributed by atoms with Crippen LogP contribution in [0, 0.1) is 5.82 Å². The summed E-state index contributed by atoms with van der Waals surface area (Å²) in [4.78, 5) is 24.6. The van der Waals surface area contributed by atoms with Crippen molar-refractivity contribution in [1.29, 1.82) is 0 Å². The Bertz CT molecular complexity index is 476. The van der Waals surface area contributed by atoms with Crippen LogP contribution in [0.4, 0.5) is 4.39 Å². The molecule has 0 aliphatic carbocycles. The second-order valence-corrected chi connectivity index (χ2v) is 5.18. The maximum absolute atomic E-state index is 12.7. The summed E-state index contributed by atoms with van der Waals surface area (Å²) in [5, 5.41) is 8.72. The molecule has 0 aliphatic rings. The highest BCUT2D eigenvalue weighted by molar-refractivity contribution is 7.99. The summed E-state index contributed by atoms with van der Waals surface area (Å²) in [6.07, 6.45) is 1.72. The Labute approximate surface area is 121 Å². The Morgan fingerprint density at radius 1 is 1.35 bits per heavy atom. The Morgan fingerprint density at radius 2 is 2.00 bits per heavy atom. The zero-order valence-electron chi connectivity index (χ0n) is 10.9. The van der Waals surface area contributed by atoms with Crippen LogP contribution in [-0.2, 0) is 9.59 Å². The van der Waals surface area contributed by atoms with Crippen LogP contribution < -0.4 is 0 Å². The topological polar surface area (TPSA) is 57.6 Å². The largest absolute Gasteiger partial charge is 0.480 e. The highest BCUT2D eigenvalue weighted by Crippen LogP contribution is 2.19. The van der Waals surface area contributed by atoms with Gasteiger partial charge in [0.25, 0.3) is 0 Å². The van der Waals surface area contributed by atoms with Crippen LogP contribution in [0.5, 0.6) is 0 Å². The summed E-state index contributed by atoms with van der Waals surface area (Å²) in [6, 6.07) is 6.00. The van der Waals surface area contributed by atoms with Crippen LogP contribution in [0.25, 0.3) is 0 Å². The highest BCUT2D eigenvalue weighted by Gasteiger charge is 2.14. The lowest BCUT2D eigenvalue weighted by Crippen LogP contribution is -2.35. The molecule has 0 atom stereocenters. The second kappa shape index (κ2) is 8.37. The van der Waals surface area contributed by atoms with Gasteiger partial charge < -0.3 is 10.0 Å². The molecular formula is C14H16FNO3S. The smallest absolute Gasteiger partial charge is 0.323 e. The molecule has 108 valence electrons. The molecule has 1 aromatic carbocycles. The van der Waals surface area contributed by atoms with Crippen molar-refractivity contribution in [1.82, 2.24) is 4.90 Å². The van der Waals surface area contributed by atoms with Gasteiger partial charge in [-0.05, 0) is 24.3 Å². The number of nitrogens with zero attached hydrogens (tertiary/aromatic N) is 1. The molecule has 0 fully saturated rings. The van der Waals surface area contributed by atoms with Gasteiger partial charge in [-0.3, -0.25) is 9.59 Å². The summed E-state index contributed by atoms with van der Waals surface area (Å²) in [7, 11) is 0. The van der Waals surface area contributed by atoms with E-state index in [4.69, 9.17) is 5.11 Å². The Hall–Kier alpha value is -1.82. The van der Waals surface area contributed by atoms with Gasteiger partial charge in [0, 0.05) is 23.6 Å². The van der Waals surface area contributed by atoms with Gasteiger partial charge >= 0.3 is 5.97 Å². The van der Waals surface area contributed by atoms with Crippen LogP contribution in [-0.4, -0.2) is 40.7 Å². The molecule has 1 N–H and O–H groups in total. The van der Waals surface area contributed by atoms with Crippen molar-refractivity contribution in [2.24, 2.45) is 0 Å². The summed E-state index contributed by atoms with van der Waals surface area (Å²) < 4.78 is 12.7. The van der Waals surface area contributed by atoms with Gasteiger partial charge in [0.05, 0.1) is 0 Å². The van der Waals surface area contributed by atoms with Crippen LogP contribution in [0.3, 0.4) is 0 Å². The maximum atomic E-state index is 12.7. The van der Waals surface area contributed by atoms with Crippen LogP contribution in [0.2, 0.25) is 0 Å². The van der Waals surface area contributed by atoms with E-state index in [0.29, 0.717) is 5.75 Å². The van der Waals surface area contributed by atoms with Crippen molar-refractivity contribution in [3.05, 3.63) is 42.7 Å². The van der Waals surface area contributed by atoms with E-state index in [1.165, 1.54) is 34.9 Å². The molecule has 4 nitrogen and oxygen atoms in total. The molecule has 20 heavy (non-hydrogen) atoms. The molecule has 0 radical (unpaired) electrons. The minimum atomic E-state index is -1.05. The third kappa shape index (κ3) is 5.88. The number of amides is 1. The van der Waals surface area contributed by atoms with Crippen molar-refractivity contribution in [2.45, 2.75) is 11.3 Å². The summed E-state index contributed by atoms with van der Waals surface area (Å²) >= 11 is 1.42. The number of carboxylic acids is 1. The van der Waals surface area contributed by atoms with E-state index < -0.39 is 5.97 Å². The fraction of sp³-hybridized carbons (Fsp3) is 0.286. The Balaban J connectivity index is 2.42. The first kappa shape index (κ1) is 16.2. The first-order valence-electron chi connectivity index (χ1n) is 6.01. The molecule has 6 heteroatoms. The number of benzene rings is 1. The fourth-order valence-electron chi connectivity index (χ4n) is 1.52. The van der Waals surface area contributed by atoms with Gasteiger partial charge in [-0.25, -0.2) is 4.39 Å². The van der Waals surface area contributed by atoms with Crippen molar-refractivity contribution in [2.75, 3.05) is 18.8 Å². The molecule has 1 aromatic rings. The van der Waals surface area contributed by atoms with E-state index in [1.54, 1.807) is 12.1 Å². The molecule has 0 bridgehead atoms. The van der Waals surface area contributed by atoms with Crippen LogP contribution >= 0.6 is 11.8 Å². The van der Waals surface area contributed by atoms with Gasteiger partial charge in [0.15, 0.2) is 0 Å². The molecule has 0 unspecified atom stereocenters. The quantitative estimate of drug-likeness (QED) is 0.591. The number of carbonyl (C=O) groups is 2. The lowest BCUT2D eigenvalue weighted by Gasteiger charge is -2.18. The number of hydrogen-bond acceptors (Lipinski definition) is 3. The van der Waals surface area contributed by atoms with Crippen molar-refractivity contribution < 1.29 is 19.1 Å². The predicted octanol–water partition coefficient (Wildman–Crippen LogP) is 2.41. The number of halogens is 1. The van der Waals surface area contributed by atoms with Gasteiger partial charge in [0.2, 0.25) is 5.91 Å². The molecule has 1 rings (SSSR count). The predicted molar refractivity (Wildman–Crippen MR) is 76.2 cm³/mol. The molecule has 0 aliphatic heterocycles. The number of hydrogen-bond donors (Lipinski definition) is 1. The average Bonchev–Trinajstić information content (AvgIpc) is 2.40. The average molecular weight is 297 g/mol. The summed E-state index contributed by atoms with van der Waals surface area (Å²) in [5.41, 5.74) is 0. The zero-order chi connectivity index (χ0) is 15.0. The molecule has 0 aromatic heterocycles. The molecule has 0 spiro atoms. The standard InChI is InChI=1S/C14H16FNO3S/c1-2-8-16(10-14(18)19)13(17)7-9-20-12-5-3-11(15)4-6-12/h2-6H,1,7-10H2,(H,18,19). The molecule has 0 saturated carbocycles. The van der Waals surface area contributed by atoms with Crippen molar-refractivity contribution in [3.8, 4) is 0 Å². The van der Waals surface area contributed by atoms with Crippen molar-refractivity contribution in [3.63, 3.8) is 0 Å². The molecular weight excluding hydrogens is 281 g/mol. The third-order valence-corrected chi connectivity index (χ3v) is 3.44. The van der Waals surface area contributed by atoms with Gasteiger partial charge in [-0.1, -0.05) is 6.08 Å². The van der Waals surface area contributed by atoms with Gasteiger partial charge in [0.1, 0.15) is 12.4 Å². The van der Waals surface area contributed by atoms with Crippen LogP contribution in [0.1, 0.15) is 6.42 Å². The number of rotatable bonds is 8. The minimum Gasteiger partial charge on any atom is -0.480 e. The number of carboxylic acid groups (broad SMARTS) is 1. The second-order valence-electron chi connectivity index (χ2n) is 4.01. The normalized spacial score (nSPS) is 10.1. The fourth-order valence-corrected chi connectivity index (χ4v) is 2.36. The summed E-state index contributed by atoms with van der Waals surface area (Å²) in [5.74, 6) is -1.07. The number of aliphatic carboxylic acids is 1. The van der Waals surface area contributed by atoms with E-state index in [-0.39, 0.29) is 31.2 Å². The lowest BCUT2D eigenvalue weighted by molar-refractivity contribution is -0.143. The highest BCUT2D eigenvalue weighted by atomic mass is 32.2. The van der Waals surface area contributed by atoms with Crippen LogP contribution in [0.15, 0.2) is 41.8 Å². The van der Waals surface area contributed by atoms with E-state index >= 15 is 0 Å². The summed E-state index contributed by atoms with van der Waals surface area (Å²) in [6.45, 7) is 3.39. The van der Waals surface area contributed by atoms with E-state index in [9.17, 15) is 14.0 Å². The van der Waals surface area contributed by atoms with E-state index in [1.807, 2.05) is 0 Å². The maximum Gasteiger partial charge on any atom is 0.323 e. The first-order valence-corrected chi connectivity index (χ1v) is 7.00.